The molecule has 0 aromatic rings. The third-order valence-electron chi connectivity index (χ3n) is 0.768. The quantitative estimate of drug-likeness (QED) is 0.454. The van der Waals surface area contributed by atoms with Crippen LogP contribution in [0.2, 0.25) is 0 Å². The molecule has 0 atom stereocenters. The van der Waals surface area contributed by atoms with E-state index in [0.29, 0.717) is 4.48 Å². The lowest BCUT2D eigenvalue weighted by molar-refractivity contribution is -0.419. The number of hydrogen-bond acceptors (Lipinski definition) is 2. The Hall–Kier alpha value is -0.420. The van der Waals surface area contributed by atoms with Crippen molar-refractivity contribution in [3.63, 3.8) is 0 Å². The molecule has 0 N–H and O–H groups in total. The van der Waals surface area contributed by atoms with Gasteiger partial charge in [-0.2, -0.15) is 0 Å². The van der Waals surface area contributed by atoms with Gasteiger partial charge in [0.25, 0.3) is 5.70 Å². The van der Waals surface area contributed by atoms with Gasteiger partial charge in [-0.25, -0.2) is 0 Å². The minimum absolute atomic E-state index is 0.105. The normalized spacial score (nSPS) is 10.9. The zero-order valence-corrected chi connectivity index (χ0v) is 8.68. The highest BCUT2D eigenvalue weighted by Crippen LogP contribution is 2.18. The summed E-state index contributed by atoms with van der Waals surface area (Å²) in [7, 11) is 0. The Morgan fingerprint density at radius 3 is 2.00 bits per heavy atom. The molecule has 0 fully saturated rings. The molecule has 0 spiro atoms. The third-order valence-corrected chi connectivity index (χ3v) is 1.40. The molecule has 0 rings (SSSR count). The molecule has 11 heavy (non-hydrogen) atoms. The molecule has 0 amide bonds. The average Bonchev–Trinajstić information content (AvgIpc) is 1.81. The molecule has 3 nitrogen and oxygen atoms in total. The summed E-state index contributed by atoms with van der Waals surface area (Å²) in [6.07, 6.45) is 1.27. The van der Waals surface area contributed by atoms with Crippen LogP contribution < -0.4 is 0 Å². The molecule has 0 aliphatic rings. The van der Waals surface area contributed by atoms with Gasteiger partial charge in [0.15, 0.2) is 0 Å². The highest BCUT2D eigenvalue weighted by molar-refractivity contribution is 9.12. The SMILES string of the molecule is C=C(Br)/C=C(\C(=C)Br)[N+](=O)[O-]. The Morgan fingerprint density at radius 2 is 1.91 bits per heavy atom. The van der Waals surface area contributed by atoms with Crippen LogP contribution in [-0.2, 0) is 0 Å². The summed E-state index contributed by atoms with van der Waals surface area (Å²) in [5, 5.41) is 10.3. The van der Waals surface area contributed by atoms with Crippen LogP contribution in [0.4, 0.5) is 0 Å². The highest BCUT2D eigenvalue weighted by Gasteiger charge is 2.11. The van der Waals surface area contributed by atoms with E-state index in [1.165, 1.54) is 6.08 Å². The second kappa shape index (κ2) is 4.46. The molecule has 0 saturated heterocycles. The van der Waals surface area contributed by atoms with E-state index in [9.17, 15) is 10.1 Å². The van der Waals surface area contributed by atoms with Gasteiger partial charge in [-0.1, -0.05) is 29.1 Å². The van der Waals surface area contributed by atoms with E-state index in [1.807, 2.05) is 0 Å². The van der Waals surface area contributed by atoms with E-state index in [0.717, 1.165) is 0 Å². The van der Waals surface area contributed by atoms with E-state index in [4.69, 9.17) is 0 Å². The number of nitrogens with zero attached hydrogens (tertiary/aromatic N) is 1. The molecule has 5 heteroatoms. The lowest BCUT2D eigenvalue weighted by Gasteiger charge is -1.92. The number of halogens is 2. The average molecular weight is 283 g/mol. The first-order valence-electron chi connectivity index (χ1n) is 2.50. The summed E-state index contributed by atoms with van der Waals surface area (Å²) in [6.45, 7) is 6.81. The molecular weight excluding hydrogens is 278 g/mol. The maximum Gasteiger partial charge on any atom is 0.283 e. The summed E-state index contributed by atoms with van der Waals surface area (Å²) in [6, 6.07) is 0. The Morgan fingerprint density at radius 1 is 1.45 bits per heavy atom. The zero-order chi connectivity index (χ0) is 9.02. The minimum atomic E-state index is -0.538. The lowest BCUT2D eigenvalue weighted by atomic mass is 10.4. The van der Waals surface area contributed by atoms with Crippen molar-refractivity contribution in [2.24, 2.45) is 0 Å². The van der Waals surface area contributed by atoms with Crippen LogP contribution in [0.25, 0.3) is 0 Å². The monoisotopic (exact) mass is 281 g/mol. The van der Waals surface area contributed by atoms with Gasteiger partial charge in [-0.05, 0) is 15.9 Å². The van der Waals surface area contributed by atoms with Gasteiger partial charge in [0.1, 0.15) is 0 Å². The topological polar surface area (TPSA) is 43.1 Å². The molecule has 0 aromatic carbocycles. The van der Waals surface area contributed by atoms with Gasteiger partial charge in [-0.3, -0.25) is 10.1 Å². The molecule has 60 valence electrons. The maximum atomic E-state index is 10.3. The van der Waals surface area contributed by atoms with E-state index >= 15 is 0 Å². The van der Waals surface area contributed by atoms with Gasteiger partial charge >= 0.3 is 0 Å². The number of rotatable bonds is 3. The van der Waals surface area contributed by atoms with Crippen LogP contribution in [0.15, 0.2) is 33.9 Å². The summed E-state index contributed by atoms with van der Waals surface area (Å²) >= 11 is 5.88. The standard InChI is InChI=1S/C6H5Br2NO2/c1-4(7)3-6(5(2)8)9(10)11/h3H,1-2H2/b6-3+. The number of hydrogen-bond donors (Lipinski definition) is 0. The number of nitro groups is 1. The van der Waals surface area contributed by atoms with Crippen molar-refractivity contribution < 1.29 is 4.92 Å². The Labute approximate surface area is 80.9 Å². The first-order valence-corrected chi connectivity index (χ1v) is 4.09. The smallest absolute Gasteiger partial charge is 0.258 e. The summed E-state index contributed by atoms with van der Waals surface area (Å²) < 4.78 is 0.660. The van der Waals surface area contributed by atoms with E-state index in [1.54, 1.807) is 0 Å². The Balaban J connectivity index is 4.75. The Bertz CT molecular complexity index is 229. The lowest BCUT2D eigenvalue weighted by Crippen LogP contribution is -1.97. The second-order valence-corrected chi connectivity index (χ2v) is 3.61. The highest BCUT2D eigenvalue weighted by atomic mass is 79.9. The third kappa shape index (κ3) is 4.10. The van der Waals surface area contributed by atoms with Gasteiger partial charge in [-0.15, -0.1) is 0 Å². The molecule has 0 bridgehead atoms. The van der Waals surface area contributed by atoms with Gasteiger partial charge in [0, 0.05) is 10.6 Å². The van der Waals surface area contributed by atoms with Crippen LogP contribution in [0.5, 0.6) is 0 Å². The van der Waals surface area contributed by atoms with Crippen LogP contribution in [-0.4, -0.2) is 4.92 Å². The zero-order valence-electron chi connectivity index (χ0n) is 5.51. The van der Waals surface area contributed by atoms with Crippen LogP contribution in [0.1, 0.15) is 0 Å². The van der Waals surface area contributed by atoms with Crippen molar-refractivity contribution in [3.8, 4) is 0 Å². The van der Waals surface area contributed by atoms with Crippen molar-refractivity contribution in [1.82, 2.24) is 0 Å². The molecule has 0 aliphatic heterocycles. The first kappa shape index (κ1) is 10.6. The molecule has 0 unspecified atom stereocenters. The predicted octanol–water partition coefficient (Wildman–Crippen LogP) is 2.96. The van der Waals surface area contributed by atoms with E-state index in [-0.39, 0.29) is 10.2 Å². The van der Waals surface area contributed by atoms with Crippen molar-refractivity contribution in [3.05, 3.63) is 44.0 Å². The van der Waals surface area contributed by atoms with Crippen molar-refractivity contribution in [2.45, 2.75) is 0 Å². The number of allylic oxidation sites excluding steroid dienone is 3. The second-order valence-electron chi connectivity index (χ2n) is 1.64. The predicted molar refractivity (Wildman–Crippen MR) is 51.2 cm³/mol. The Kier molecular flexibility index (Phi) is 4.29. The summed E-state index contributed by atoms with van der Waals surface area (Å²) in [5.41, 5.74) is -0.105. The van der Waals surface area contributed by atoms with Crippen LogP contribution in [0, 0.1) is 10.1 Å². The fourth-order valence-electron chi connectivity index (χ4n) is 0.378. The summed E-state index contributed by atoms with van der Waals surface area (Å²) in [5.74, 6) is 0. The largest absolute Gasteiger partial charge is 0.283 e. The van der Waals surface area contributed by atoms with Crippen LogP contribution in [0.3, 0.4) is 0 Å². The fraction of sp³-hybridized carbons (Fsp3) is 0. The fourth-order valence-corrected chi connectivity index (χ4v) is 0.854. The van der Waals surface area contributed by atoms with Crippen molar-refractivity contribution >= 4 is 31.9 Å². The first-order chi connectivity index (χ1) is 4.95. The van der Waals surface area contributed by atoms with E-state index in [2.05, 4.69) is 45.0 Å². The van der Waals surface area contributed by atoms with Gasteiger partial charge in [0.05, 0.1) is 9.41 Å². The molecule has 0 aromatic heterocycles. The maximum absolute atomic E-state index is 10.3. The summed E-state index contributed by atoms with van der Waals surface area (Å²) in [4.78, 5) is 9.72. The molecule has 0 radical (unpaired) electrons. The van der Waals surface area contributed by atoms with Crippen molar-refractivity contribution in [2.75, 3.05) is 0 Å². The minimum Gasteiger partial charge on any atom is -0.258 e. The van der Waals surface area contributed by atoms with Crippen LogP contribution >= 0.6 is 31.9 Å². The van der Waals surface area contributed by atoms with E-state index < -0.39 is 4.92 Å². The molecular formula is C6H5Br2NO2. The van der Waals surface area contributed by atoms with Gasteiger partial charge < -0.3 is 0 Å². The van der Waals surface area contributed by atoms with Crippen molar-refractivity contribution in [1.29, 1.82) is 0 Å². The molecule has 0 heterocycles. The van der Waals surface area contributed by atoms with Gasteiger partial charge in [0.2, 0.25) is 0 Å². The molecule has 0 aliphatic carbocycles. The molecule has 0 saturated carbocycles.